The predicted molar refractivity (Wildman–Crippen MR) is 125 cm³/mol. The molecule has 2 aromatic carbocycles. The summed E-state index contributed by atoms with van der Waals surface area (Å²) in [5.74, 6) is -0.0705. The molecule has 0 fully saturated rings. The predicted octanol–water partition coefficient (Wildman–Crippen LogP) is 5.86. The zero-order chi connectivity index (χ0) is 21.1. The number of benzene rings is 2. The Balaban J connectivity index is 1.72. The molecule has 11 heteroatoms. The number of carbonyl (C=O) groups excluding carboxylic acids is 1. The Kier molecular flexibility index (Phi) is 6.93. The van der Waals surface area contributed by atoms with Crippen molar-refractivity contribution in [1.29, 1.82) is 0 Å². The fourth-order valence-electron chi connectivity index (χ4n) is 2.49. The number of carbonyl (C=O) groups is 1. The molecule has 0 unspecified atom stereocenters. The van der Waals surface area contributed by atoms with Gasteiger partial charge in [-0.25, -0.2) is 4.98 Å². The maximum Gasteiger partial charge on any atom is 0.269 e. The van der Waals surface area contributed by atoms with Gasteiger partial charge in [0.1, 0.15) is 0 Å². The number of non-ortho nitro benzene ring substituents is 1. The minimum absolute atomic E-state index is 0.0141. The van der Waals surface area contributed by atoms with Gasteiger partial charge in [-0.05, 0) is 30.7 Å². The first kappa shape index (κ1) is 21.8. The highest BCUT2D eigenvalue weighted by Crippen LogP contribution is 2.40. The third-order valence-electron chi connectivity index (χ3n) is 3.83. The second-order valence-corrected chi connectivity index (χ2v) is 9.95. The number of aryl methyl sites for hydroxylation is 1. The highest BCUT2D eigenvalue weighted by molar-refractivity contribution is 9.11. The number of hydrogen-bond acceptors (Lipinski definition) is 7. The van der Waals surface area contributed by atoms with Gasteiger partial charge in [-0.2, -0.15) is 0 Å². The smallest absolute Gasteiger partial charge is 0.269 e. The summed E-state index contributed by atoms with van der Waals surface area (Å²) in [4.78, 5) is 27.2. The van der Waals surface area contributed by atoms with Crippen molar-refractivity contribution < 1.29 is 9.72 Å². The quantitative estimate of drug-likeness (QED) is 0.223. The van der Waals surface area contributed by atoms with Crippen LogP contribution in [0.15, 0.2) is 49.6 Å². The van der Waals surface area contributed by atoms with Gasteiger partial charge in [0.15, 0.2) is 5.13 Å². The number of hydrogen-bond donors (Lipinski definition) is 2. The highest BCUT2D eigenvalue weighted by Gasteiger charge is 2.17. The lowest BCUT2D eigenvalue weighted by atomic mass is 10.2. The van der Waals surface area contributed by atoms with Crippen LogP contribution in [0.5, 0.6) is 0 Å². The summed E-state index contributed by atoms with van der Waals surface area (Å²) in [5, 5.41) is 14.0. The number of halogens is 2. The van der Waals surface area contributed by atoms with Gasteiger partial charge in [0.2, 0.25) is 5.91 Å². The number of nitro groups is 1. The zero-order valence-electron chi connectivity index (χ0n) is 14.9. The third kappa shape index (κ3) is 5.35. The fraction of sp³-hybridized carbons (Fsp3) is 0.111. The van der Waals surface area contributed by atoms with Crippen molar-refractivity contribution in [2.24, 2.45) is 0 Å². The van der Waals surface area contributed by atoms with E-state index < -0.39 is 4.92 Å². The van der Waals surface area contributed by atoms with E-state index in [2.05, 4.69) is 42.2 Å². The molecule has 0 saturated heterocycles. The van der Waals surface area contributed by atoms with E-state index in [0.29, 0.717) is 16.4 Å². The minimum atomic E-state index is -0.468. The Hall–Kier alpha value is -1.95. The lowest BCUT2D eigenvalue weighted by Gasteiger charge is -2.08. The van der Waals surface area contributed by atoms with Crippen LogP contribution in [-0.2, 0) is 4.79 Å². The number of aromatic nitrogens is 1. The molecule has 0 bridgehead atoms. The topological polar surface area (TPSA) is 111 Å². The molecular formula is C18H14Br2N4O3S2. The molecule has 0 aliphatic carbocycles. The number of rotatable bonds is 6. The van der Waals surface area contributed by atoms with Crippen LogP contribution in [0.4, 0.5) is 16.5 Å². The van der Waals surface area contributed by atoms with Gasteiger partial charge in [0, 0.05) is 32.3 Å². The Bertz CT molecular complexity index is 1100. The summed E-state index contributed by atoms with van der Waals surface area (Å²) < 4.78 is 2.63. The molecule has 0 aliphatic rings. The van der Waals surface area contributed by atoms with Gasteiger partial charge in [0.25, 0.3) is 5.69 Å². The van der Waals surface area contributed by atoms with Crippen LogP contribution in [0.2, 0.25) is 0 Å². The van der Waals surface area contributed by atoms with Gasteiger partial charge < -0.3 is 11.1 Å². The number of nitrogen functional groups attached to an aromatic ring is 1. The minimum Gasteiger partial charge on any atom is -0.375 e. The van der Waals surface area contributed by atoms with Crippen LogP contribution < -0.4 is 11.1 Å². The summed E-state index contributed by atoms with van der Waals surface area (Å²) >= 11 is 9.62. The van der Waals surface area contributed by atoms with Crippen LogP contribution in [0.1, 0.15) is 5.56 Å². The first-order valence-electron chi connectivity index (χ1n) is 8.14. The van der Waals surface area contributed by atoms with Gasteiger partial charge in [-0.3, -0.25) is 14.9 Å². The molecular weight excluding hydrogens is 544 g/mol. The number of nitrogens with one attached hydrogen (secondary N) is 1. The number of thioether (sulfide) groups is 1. The summed E-state index contributed by atoms with van der Waals surface area (Å²) in [5.41, 5.74) is 8.65. The van der Waals surface area contributed by atoms with Gasteiger partial charge in [-0.1, -0.05) is 49.3 Å². The average Bonchev–Trinajstić information content (AvgIpc) is 3.02. The maximum atomic E-state index is 12.4. The normalized spacial score (nSPS) is 10.7. The number of nitrogens with two attached hydrogens (primary N) is 1. The molecule has 3 N–H and O–H groups in total. The second kappa shape index (κ2) is 9.24. The number of thiazole rings is 1. The first-order valence-corrected chi connectivity index (χ1v) is 11.5. The van der Waals surface area contributed by atoms with Crippen LogP contribution in [-0.4, -0.2) is 21.6 Å². The number of nitro benzene ring substituents is 1. The molecule has 7 nitrogen and oxygen atoms in total. The molecule has 1 heterocycles. The van der Waals surface area contributed by atoms with E-state index in [4.69, 9.17) is 5.73 Å². The summed E-state index contributed by atoms with van der Waals surface area (Å²) in [6, 6.07) is 10.1. The molecule has 150 valence electrons. The SMILES string of the molecule is Cc1cc([N+](=O)[O-])ccc1NC(=O)CSc1sc(N)nc1-c1ccc(Br)cc1Br. The molecule has 29 heavy (non-hydrogen) atoms. The Labute approximate surface area is 191 Å². The monoisotopic (exact) mass is 556 g/mol. The van der Waals surface area contributed by atoms with E-state index in [1.807, 2.05) is 18.2 Å². The van der Waals surface area contributed by atoms with Gasteiger partial charge >= 0.3 is 0 Å². The van der Waals surface area contributed by atoms with Crippen molar-refractivity contribution in [1.82, 2.24) is 4.98 Å². The van der Waals surface area contributed by atoms with Crippen molar-refractivity contribution in [3.63, 3.8) is 0 Å². The van der Waals surface area contributed by atoms with Crippen molar-refractivity contribution in [3.05, 3.63) is 61.0 Å². The van der Waals surface area contributed by atoms with Crippen LogP contribution in [0.3, 0.4) is 0 Å². The van der Waals surface area contributed by atoms with Crippen LogP contribution >= 0.6 is 55.0 Å². The van der Waals surface area contributed by atoms with E-state index in [-0.39, 0.29) is 17.3 Å². The van der Waals surface area contributed by atoms with Crippen LogP contribution in [0, 0.1) is 17.0 Å². The first-order chi connectivity index (χ1) is 13.7. The van der Waals surface area contributed by atoms with Crippen molar-refractivity contribution >= 4 is 77.4 Å². The molecule has 3 rings (SSSR count). The molecule has 0 atom stereocenters. The molecule has 1 amide bonds. The molecule has 0 saturated carbocycles. The van der Waals surface area contributed by atoms with E-state index in [0.717, 1.165) is 24.4 Å². The molecule has 0 aliphatic heterocycles. The highest BCUT2D eigenvalue weighted by atomic mass is 79.9. The Morgan fingerprint density at radius 1 is 1.31 bits per heavy atom. The standard InChI is InChI=1S/C18H14Br2N4O3S2/c1-9-6-11(24(26)27)3-5-14(9)22-15(25)8-28-17-16(23-18(21)29-17)12-4-2-10(19)7-13(12)20/h2-7H,8H2,1H3,(H2,21,23)(H,22,25). The molecule has 3 aromatic rings. The lowest BCUT2D eigenvalue weighted by Crippen LogP contribution is -2.14. The summed E-state index contributed by atoms with van der Waals surface area (Å²) in [6.45, 7) is 1.71. The molecule has 1 aromatic heterocycles. The van der Waals surface area contributed by atoms with E-state index in [1.54, 1.807) is 6.92 Å². The third-order valence-corrected chi connectivity index (χ3v) is 7.12. The lowest BCUT2D eigenvalue weighted by molar-refractivity contribution is -0.384. The largest absolute Gasteiger partial charge is 0.375 e. The average molecular weight is 558 g/mol. The van der Waals surface area contributed by atoms with Crippen molar-refractivity contribution in [3.8, 4) is 11.3 Å². The fourth-order valence-corrected chi connectivity index (χ4v) is 5.60. The van der Waals surface area contributed by atoms with Crippen molar-refractivity contribution in [2.45, 2.75) is 11.1 Å². The number of anilines is 2. The second-order valence-electron chi connectivity index (χ2n) is 5.91. The van der Waals surface area contributed by atoms with Crippen molar-refractivity contribution in [2.75, 3.05) is 16.8 Å². The number of amides is 1. The summed E-state index contributed by atoms with van der Waals surface area (Å²) in [7, 11) is 0. The van der Waals surface area contributed by atoms with Gasteiger partial charge in [-0.15, -0.1) is 11.8 Å². The van der Waals surface area contributed by atoms with E-state index >= 15 is 0 Å². The summed E-state index contributed by atoms with van der Waals surface area (Å²) in [6.07, 6.45) is 0. The Morgan fingerprint density at radius 2 is 2.07 bits per heavy atom. The van der Waals surface area contributed by atoms with E-state index in [9.17, 15) is 14.9 Å². The van der Waals surface area contributed by atoms with Crippen LogP contribution in [0.25, 0.3) is 11.3 Å². The maximum absolute atomic E-state index is 12.4. The zero-order valence-corrected chi connectivity index (χ0v) is 19.7. The van der Waals surface area contributed by atoms with Gasteiger partial charge in [0.05, 0.1) is 20.6 Å². The molecule has 0 radical (unpaired) electrons. The Morgan fingerprint density at radius 3 is 2.72 bits per heavy atom. The van der Waals surface area contributed by atoms with E-state index in [1.165, 1.54) is 41.3 Å². The molecule has 0 spiro atoms. The number of nitrogens with zero attached hydrogens (tertiary/aromatic N) is 2.